The van der Waals surface area contributed by atoms with Crippen LogP contribution in [-0.2, 0) is 6.54 Å². The van der Waals surface area contributed by atoms with E-state index in [1.165, 1.54) is 28.0 Å². The van der Waals surface area contributed by atoms with Gasteiger partial charge in [0.2, 0.25) is 0 Å². The van der Waals surface area contributed by atoms with E-state index in [1.54, 1.807) is 0 Å². The van der Waals surface area contributed by atoms with Crippen LogP contribution in [-0.4, -0.2) is 14.0 Å². The van der Waals surface area contributed by atoms with Crippen LogP contribution in [0.25, 0.3) is 22.4 Å². The molecule has 0 aliphatic carbocycles. The summed E-state index contributed by atoms with van der Waals surface area (Å²) in [6.07, 6.45) is 10.3. The Hall–Kier alpha value is -2.62. The minimum atomic E-state index is 0.912. The molecule has 19 heavy (non-hydrogen) atoms. The van der Waals surface area contributed by atoms with E-state index in [9.17, 15) is 0 Å². The van der Waals surface area contributed by atoms with Crippen molar-refractivity contribution in [3.05, 3.63) is 60.9 Å². The number of pyridine rings is 2. The van der Waals surface area contributed by atoms with Crippen LogP contribution in [0.3, 0.4) is 0 Å². The number of fused-ring (bicyclic) bond motifs is 7. The van der Waals surface area contributed by atoms with Gasteiger partial charge in [-0.25, -0.2) is 8.80 Å². The Labute approximate surface area is 109 Å². The van der Waals surface area contributed by atoms with Gasteiger partial charge in [-0.15, -0.1) is 0 Å². The lowest BCUT2D eigenvalue weighted by molar-refractivity contribution is -0.509. The third kappa shape index (κ3) is 1.04. The standard InChI is InChI=1S/C15H11N4/c1-2-6-19-12(3-1)9-18-10-17-8-11-7-16-5-4-13(11)14(17)15(18)19/h1-7,9-10H,8H2/q+1. The molecule has 0 aromatic carbocycles. The predicted octanol–water partition coefficient (Wildman–Crippen LogP) is 1.90. The smallest absolute Gasteiger partial charge is 0.264 e. The van der Waals surface area contributed by atoms with Crippen LogP contribution in [0.5, 0.6) is 0 Å². The van der Waals surface area contributed by atoms with Gasteiger partial charge in [0, 0.05) is 23.5 Å². The summed E-state index contributed by atoms with van der Waals surface area (Å²) in [7, 11) is 0. The van der Waals surface area contributed by atoms with E-state index in [0.717, 1.165) is 6.54 Å². The van der Waals surface area contributed by atoms with Gasteiger partial charge in [0.1, 0.15) is 11.7 Å². The summed E-state index contributed by atoms with van der Waals surface area (Å²) in [6, 6.07) is 8.38. The maximum atomic E-state index is 4.22. The Balaban J connectivity index is 2.00. The average molecular weight is 247 g/mol. The monoisotopic (exact) mass is 247 g/mol. The van der Waals surface area contributed by atoms with Crippen LogP contribution >= 0.6 is 0 Å². The summed E-state index contributed by atoms with van der Waals surface area (Å²) in [6.45, 7) is 0.912. The van der Waals surface area contributed by atoms with Gasteiger partial charge in [0.15, 0.2) is 12.0 Å². The van der Waals surface area contributed by atoms with Crippen molar-refractivity contribution in [2.45, 2.75) is 6.54 Å². The summed E-state index contributed by atoms with van der Waals surface area (Å²) >= 11 is 0. The first-order valence-corrected chi connectivity index (χ1v) is 6.35. The molecule has 0 saturated carbocycles. The van der Waals surface area contributed by atoms with Crippen LogP contribution in [0.4, 0.5) is 0 Å². The SMILES string of the molecule is c1ccn2c(c1)c[n+]1cn3c(c21)-c1ccncc1C3. The average Bonchev–Trinajstić information content (AvgIpc) is 3.04. The van der Waals surface area contributed by atoms with Gasteiger partial charge >= 0.3 is 0 Å². The Morgan fingerprint density at radius 1 is 1.21 bits per heavy atom. The Bertz CT molecular complexity index is 945. The van der Waals surface area contributed by atoms with Crippen LogP contribution in [0, 0.1) is 0 Å². The molecule has 1 aliphatic rings. The number of aromatic nitrogens is 4. The van der Waals surface area contributed by atoms with Crippen LogP contribution in [0.1, 0.15) is 5.56 Å². The van der Waals surface area contributed by atoms with Crippen molar-refractivity contribution >= 4 is 11.2 Å². The van der Waals surface area contributed by atoms with Crippen LogP contribution in [0.15, 0.2) is 55.4 Å². The fourth-order valence-electron chi connectivity index (χ4n) is 3.11. The van der Waals surface area contributed by atoms with Crippen LogP contribution < -0.4 is 4.40 Å². The number of imidazole rings is 2. The largest absolute Gasteiger partial charge is 0.278 e. The third-order valence-corrected chi connectivity index (χ3v) is 3.90. The van der Waals surface area contributed by atoms with E-state index in [0.29, 0.717) is 0 Å². The molecule has 5 heterocycles. The molecule has 1 aliphatic heterocycles. The maximum Gasteiger partial charge on any atom is 0.278 e. The zero-order valence-electron chi connectivity index (χ0n) is 10.2. The fraction of sp³-hybridized carbons (Fsp3) is 0.0667. The number of nitrogens with zero attached hydrogens (tertiary/aromatic N) is 4. The number of hydrogen-bond donors (Lipinski definition) is 0. The molecule has 0 saturated heterocycles. The highest BCUT2D eigenvalue weighted by molar-refractivity contribution is 5.79. The summed E-state index contributed by atoms with van der Waals surface area (Å²) < 4.78 is 6.73. The van der Waals surface area contributed by atoms with Gasteiger partial charge in [0.05, 0.1) is 12.7 Å². The number of hydrogen-bond acceptors (Lipinski definition) is 1. The quantitative estimate of drug-likeness (QED) is 0.384. The zero-order chi connectivity index (χ0) is 12.4. The molecule has 4 aromatic heterocycles. The molecule has 0 N–H and O–H groups in total. The van der Waals surface area contributed by atoms with Crippen molar-refractivity contribution < 1.29 is 4.40 Å². The van der Waals surface area contributed by atoms with E-state index < -0.39 is 0 Å². The minimum absolute atomic E-state index is 0.912. The topological polar surface area (TPSA) is 26.3 Å². The third-order valence-electron chi connectivity index (χ3n) is 3.90. The molecule has 0 atom stereocenters. The molecule has 4 nitrogen and oxygen atoms in total. The Morgan fingerprint density at radius 3 is 3.21 bits per heavy atom. The second kappa shape index (κ2) is 3.03. The van der Waals surface area contributed by atoms with E-state index in [-0.39, 0.29) is 0 Å². The van der Waals surface area contributed by atoms with Crippen molar-refractivity contribution in [3.8, 4) is 11.3 Å². The van der Waals surface area contributed by atoms with Crippen molar-refractivity contribution in [1.82, 2.24) is 14.0 Å². The van der Waals surface area contributed by atoms with Crippen molar-refractivity contribution in [3.63, 3.8) is 0 Å². The number of rotatable bonds is 0. The molecule has 0 bridgehead atoms. The molecule has 0 spiro atoms. The first-order chi connectivity index (χ1) is 9.42. The highest BCUT2D eigenvalue weighted by atomic mass is 15.2. The molecule has 0 unspecified atom stereocenters. The fourth-order valence-corrected chi connectivity index (χ4v) is 3.11. The molecule has 0 fully saturated rings. The molecule has 0 amide bonds. The lowest BCUT2D eigenvalue weighted by Crippen LogP contribution is -2.15. The summed E-state index contributed by atoms with van der Waals surface area (Å²) in [4.78, 5) is 4.22. The Morgan fingerprint density at radius 2 is 2.21 bits per heavy atom. The van der Waals surface area contributed by atoms with Gasteiger partial charge < -0.3 is 0 Å². The first-order valence-electron chi connectivity index (χ1n) is 6.35. The van der Waals surface area contributed by atoms with Gasteiger partial charge in [-0.2, -0.15) is 0 Å². The van der Waals surface area contributed by atoms with Crippen molar-refractivity contribution in [2.75, 3.05) is 0 Å². The second-order valence-corrected chi connectivity index (χ2v) is 4.98. The molecule has 5 rings (SSSR count). The molecule has 4 heteroatoms. The molecule has 4 aromatic rings. The van der Waals surface area contributed by atoms with Gasteiger partial charge in [-0.3, -0.25) is 9.55 Å². The predicted molar refractivity (Wildman–Crippen MR) is 70.9 cm³/mol. The second-order valence-electron chi connectivity index (χ2n) is 4.98. The highest BCUT2D eigenvalue weighted by Gasteiger charge is 2.29. The van der Waals surface area contributed by atoms with E-state index >= 15 is 0 Å². The zero-order valence-corrected chi connectivity index (χ0v) is 10.2. The lowest BCUT2D eigenvalue weighted by Gasteiger charge is -1.93. The summed E-state index contributed by atoms with van der Waals surface area (Å²) in [5.74, 6) is 0. The van der Waals surface area contributed by atoms with E-state index in [1.807, 2.05) is 12.4 Å². The van der Waals surface area contributed by atoms with E-state index in [4.69, 9.17) is 0 Å². The molecule has 90 valence electrons. The van der Waals surface area contributed by atoms with Crippen LogP contribution in [0.2, 0.25) is 0 Å². The maximum absolute atomic E-state index is 4.22. The normalized spacial score (nSPS) is 13.1. The molecular weight excluding hydrogens is 236 g/mol. The van der Waals surface area contributed by atoms with Crippen molar-refractivity contribution in [1.29, 1.82) is 0 Å². The Kier molecular flexibility index (Phi) is 1.49. The van der Waals surface area contributed by atoms with Gasteiger partial charge in [-0.1, -0.05) is 6.07 Å². The molecule has 0 radical (unpaired) electrons. The lowest BCUT2D eigenvalue weighted by atomic mass is 10.1. The van der Waals surface area contributed by atoms with Gasteiger partial charge in [-0.05, 0) is 18.2 Å². The highest BCUT2D eigenvalue weighted by Crippen LogP contribution is 2.33. The summed E-state index contributed by atoms with van der Waals surface area (Å²) in [5, 5.41) is 0. The van der Waals surface area contributed by atoms with Crippen molar-refractivity contribution in [2.24, 2.45) is 0 Å². The van der Waals surface area contributed by atoms with Gasteiger partial charge in [0.25, 0.3) is 5.65 Å². The molecular formula is C15H11N4+. The minimum Gasteiger partial charge on any atom is -0.264 e. The first kappa shape index (κ1) is 9.33. The summed E-state index contributed by atoms with van der Waals surface area (Å²) in [5.41, 5.74) is 6.31. The van der Waals surface area contributed by atoms with E-state index in [2.05, 4.69) is 61.3 Å².